The summed E-state index contributed by atoms with van der Waals surface area (Å²) in [5.74, 6) is -0.483. The predicted octanol–water partition coefficient (Wildman–Crippen LogP) is 2.64. The van der Waals surface area contributed by atoms with Crippen LogP contribution in [0.1, 0.15) is 34.6 Å². The van der Waals surface area contributed by atoms with Gasteiger partial charge in [0.05, 0.1) is 19.8 Å². The molecule has 0 heterocycles. The Morgan fingerprint density at radius 2 is 1.72 bits per heavy atom. The van der Waals surface area contributed by atoms with E-state index in [2.05, 4.69) is 15.4 Å². The van der Waals surface area contributed by atoms with Crippen LogP contribution < -0.4 is 20.1 Å². The van der Waals surface area contributed by atoms with Crippen molar-refractivity contribution in [2.75, 3.05) is 26.1 Å². The minimum absolute atomic E-state index is 0.0109. The third kappa shape index (κ3) is 6.24. The number of carbonyl (C=O) groups excluding carboxylic acids is 3. The number of amides is 2. The molecule has 0 spiro atoms. The van der Waals surface area contributed by atoms with Crippen LogP contribution in [0.15, 0.2) is 42.5 Å². The van der Waals surface area contributed by atoms with Gasteiger partial charge < -0.3 is 24.8 Å². The van der Waals surface area contributed by atoms with Gasteiger partial charge >= 0.3 is 5.97 Å². The second kappa shape index (κ2) is 10.1. The highest BCUT2D eigenvalue weighted by molar-refractivity contribution is 6.05. The molecular weight excluding hydrogens is 376 g/mol. The standard InChI is InChI=1S/C21H24N2O6/c1-13(2)22-19(24)12-29-17-9-8-14(11-18(17)27-3)20(25)23-16-7-5-6-15(10-16)21(26)28-4/h5-11,13H,12H2,1-4H3,(H,22,24)(H,23,25). The van der Waals surface area contributed by atoms with E-state index in [0.717, 1.165) is 0 Å². The van der Waals surface area contributed by atoms with Crippen molar-refractivity contribution in [3.8, 4) is 11.5 Å². The van der Waals surface area contributed by atoms with Crippen LogP contribution in [0, 0.1) is 0 Å². The number of ether oxygens (including phenoxy) is 3. The molecule has 29 heavy (non-hydrogen) atoms. The molecule has 0 atom stereocenters. The maximum atomic E-state index is 12.5. The molecule has 8 nitrogen and oxygen atoms in total. The third-order valence-electron chi connectivity index (χ3n) is 3.78. The smallest absolute Gasteiger partial charge is 0.337 e. The van der Waals surface area contributed by atoms with E-state index in [4.69, 9.17) is 9.47 Å². The van der Waals surface area contributed by atoms with E-state index < -0.39 is 11.9 Å². The minimum atomic E-state index is -0.495. The van der Waals surface area contributed by atoms with Crippen LogP contribution >= 0.6 is 0 Å². The second-order valence-electron chi connectivity index (χ2n) is 6.40. The summed E-state index contributed by atoms with van der Waals surface area (Å²) in [6.07, 6.45) is 0. The molecule has 0 aromatic heterocycles. The molecule has 2 aromatic rings. The summed E-state index contributed by atoms with van der Waals surface area (Å²) in [4.78, 5) is 35.9. The fourth-order valence-electron chi connectivity index (χ4n) is 2.48. The first kappa shape index (κ1) is 21.7. The zero-order chi connectivity index (χ0) is 21.4. The highest BCUT2D eigenvalue weighted by Crippen LogP contribution is 2.28. The Morgan fingerprint density at radius 1 is 0.966 bits per heavy atom. The van der Waals surface area contributed by atoms with Crippen molar-refractivity contribution in [2.45, 2.75) is 19.9 Å². The lowest BCUT2D eigenvalue weighted by Crippen LogP contribution is -2.34. The van der Waals surface area contributed by atoms with Gasteiger partial charge in [0, 0.05) is 17.3 Å². The number of hydrogen-bond donors (Lipinski definition) is 2. The van der Waals surface area contributed by atoms with Crippen LogP contribution in [0.3, 0.4) is 0 Å². The topological polar surface area (TPSA) is 103 Å². The largest absolute Gasteiger partial charge is 0.493 e. The molecule has 0 unspecified atom stereocenters. The molecular formula is C21H24N2O6. The van der Waals surface area contributed by atoms with E-state index in [1.165, 1.54) is 26.4 Å². The number of rotatable bonds is 8. The Balaban J connectivity index is 2.09. The number of carbonyl (C=O) groups is 3. The van der Waals surface area contributed by atoms with Gasteiger partial charge in [0.2, 0.25) is 0 Å². The number of hydrogen-bond acceptors (Lipinski definition) is 6. The molecule has 2 N–H and O–H groups in total. The second-order valence-corrected chi connectivity index (χ2v) is 6.40. The van der Waals surface area contributed by atoms with Crippen molar-refractivity contribution in [1.82, 2.24) is 5.32 Å². The number of methoxy groups -OCH3 is 2. The number of benzene rings is 2. The summed E-state index contributed by atoms with van der Waals surface area (Å²) in [7, 11) is 2.73. The first-order valence-electron chi connectivity index (χ1n) is 8.94. The predicted molar refractivity (Wildman–Crippen MR) is 108 cm³/mol. The molecule has 2 rings (SSSR count). The molecule has 2 aromatic carbocycles. The van der Waals surface area contributed by atoms with Crippen molar-refractivity contribution in [3.05, 3.63) is 53.6 Å². The van der Waals surface area contributed by atoms with E-state index in [0.29, 0.717) is 28.3 Å². The van der Waals surface area contributed by atoms with Crippen LogP contribution in [-0.2, 0) is 9.53 Å². The lowest BCUT2D eigenvalue weighted by Gasteiger charge is -2.13. The average molecular weight is 400 g/mol. The first-order chi connectivity index (χ1) is 13.8. The summed E-state index contributed by atoms with van der Waals surface area (Å²) in [6, 6.07) is 11.0. The monoisotopic (exact) mass is 400 g/mol. The van der Waals surface area contributed by atoms with Gasteiger partial charge in [-0.3, -0.25) is 9.59 Å². The van der Waals surface area contributed by atoms with Crippen molar-refractivity contribution in [1.29, 1.82) is 0 Å². The van der Waals surface area contributed by atoms with Gasteiger partial charge in [-0.1, -0.05) is 6.07 Å². The Kier molecular flexibility index (Phi) is 7.59. The van der Waals surface area contributed by atoms with E-state index in [-0.39, 0.29) is 18.6 Å². The zero-order valence-corrected chi connectivity index (χ0v) is 16.8. The Labute approximate surface area is 169 Å². The first-order valence-corrected chi connectivity index (χ1v) is 8.94. The van der Waals surface area contributed by atoms with Crippen LogP contribution in [0.4, 0.5) is 5.69 Å². The van der Waals surface area contributed by atoms with Crippen molar-refractivity contribution < 1.29 is 28.6 Å². The van der Waals surface area contributed by atoms with Crippen LogP contribution in [0.25, 0.3) is 0 Å². The normalized spacial score (nSPS) is 10.2. The molecule has 154 valence electrons. The molecule has 8 heteroatoms. The van der Waals surface area contributed by atoms with Crippen LogP contribution in [0.2, 0.25) is 0 Å². The van der Waals surface area contributed by atoms with Gasteiger partial charge in [-0.15, -0.1) is 0 Å². The van der Waals surface area contributed by atoms with Gasteiger partial charge in [0.25, 0.3) is 11.8 Å². The fraction of sp³-hybridized carbons (Fsp3) is 0.286. The summed E-state index contributed by atoms with van der Waals surface area (Å²) < 4.78 is 15.4. The van der Waals surface area contributed by atoms with Crippen LogP contribution in [-0.4, -0.2) is 44.7 Å². The molecule has 0 fully saturated rings. The molecule has 0 saturated heterocycles. The molecule has 0 aliphatic rings. The maximum absolute atomic E-state index is 12.5. The lowest BCUT2D eigenvalue weighted by molar-refractivity contribution is -0.123. The maximum Gasteiger partial charge on any atom is 0.337 e. The van der Waals surface area contributed by atoms with Crippen molar-refractivity contribution in [3.63, 3.8) is 0 Å². The van der Waals surface area contributed by atoms with Gasteiger partial charge in [-0.05, 0) is 50.2 Å². The van der Waals surface area contributed by atoms with Gasteiger partial charge in [-0.2, -0.15) is 0 Å². The number of esters is 1. The van der Waals surface area contributed by atoms with Crippen molar-refractivity contribution in [2.24, 2.45) is 0 Å². The van der Waals surface area contributed by atoms with E-state index in [1.54, 1.807) is 30.3 Å². The summed E-state index contributed by atoms with van der Waals surface area (Å²) in [5, 5.41) is 5.44. The van der Waals surface area contributed by atoms with E-state index >= 15 is 0 Å². The number of nitrogens with one attached hydrogen (secondary N) is 2. The Morgan fingerprint density at radius 3 is 2.38 bits per heavy atom. The van der Waals surface area contributed by atoms with Gasteiger partial charge in [0.15, 0.2) is 18.1 Å². The van der Waals surface area contributed by atoms with Gasteiger partial charge in [-0.25, -0.2) is 4.79 Å². The fourth-order valence-corrected chi connectivity index (χ4v) is 2.48. The highest BCUT2D eigenvalue weighted by atomic mass is 16.5. The Hall–Kier alpha value is -3.55. The van der Waals surface area contributed by atoms with Crippen LogP contribution in [0.5, 0.6) is 11.5 Å². The molecule has 0 aliphatic heterocycles. The third-order valence-corrected chi connectivity index (χ3v) is 3.78. The van der Waals surface area contributed by atoms with Crippen molar-refractivity contribution >= 4 is 23.5 Å². The Bertz CT molecular complexity index is 894. The average Bonchev–Trinajstić information content (AvgIpc) is 2.71. The SMILES string of the molecule is COC(=O)c1cccc(NC(=O)c2ccc(OCC(=O)NC(C)C)c(OC)c2)c1. The zero-order valence-electron chi connectivity index (χ0n) is 16.8. The summed E-state index contributed by atoms with van der Waals surface area (Å²) >= 11 is 0. The summed E-state index contributed by atoms with van der Waals surface area (Å²) in [5.41, 5.74) is 1.10. The van der Waals surface area contributed by atoms with E-state index in [9.17, 15) is 14.4 Å². The van der Waals surface area contributed by atoms with Gasteiger partial charge in [0.1, 0.15) is 0 Å². The molecule has 0 bridgehead atoms. The number of anilines is 1. The highest BCUT2D eigenvalue weighted by Gasteiger charge is 2.14. The summed E-state index contributed by atoms with van der Waals surface area (Å²) in [6.45, 7) is 3.54. The molecule has 0 aliphatic carbocycles. The van der Waals surface area contributed by atoms with E-state index in [1.807, 2.05) is 13.8 Å². The minimum Gasteiger partial charge on any atom is -0.493 e. The molecule has 2 amide bonds. The lowest BCUT2D eigenvalue weighted by atomic mass is 10.1. The molecule has 0 saturated carbocycles. The quantitative estimate of drug-likeness (QED) is 0.661. The molecule has 0 radical (unpaired) electrons.